The zero-order valence-electron chi connectivity index (χ0n) is 15.8. The van der Waals surface area contributed by atoms with Gasteiger partial charge >= 0.3 is 11.9 Å². The van der Waals surface area contributed by atoms with Gasteiger partial charge in [-0.2, -0.15) is 0 Å². The van der Waals surface area contributed by atoms with Crippen LogP contribution in [0.2, 0.25) is 0 Å². The molecule has 154 valence electrons. The highest BCUT2D eigenvalue weighted by molar-refractivity contribution is 5.89. The molecule has 1 fully saturated rings. The molecule has 2 rings (SSSR count). The first-order chi connectivity index (χ1) is 13.5. The van der Waals surface area contributed by atoms with Crippen molar-refractivity contribution in [3.05, 3.63) is 35.9 Å². The van der Waals surface area contributed by atoms with Crippen LogP contribution in [0.15, 0.2) is 30.3 Å². The summed E-state index contributed by atoms with van der Waals surface area (Å²) in [6, 6.07) is 6.83. The Hall–Kier alpha value is -2.45. The molecular formula is C20H28N2O6. The Morgan fingerprint density at radius 2 is 1.82 bits per heavy atom. The summed E-state index contributed by atoms with van der Waals surface area (Å²) >= 11 is 0. The van der Waals surface area contributed by atoms with E-state index in [1.165, 1.54) is 0 Å². The smallest absolute Gasteiger partial charge is 0.328 e. The maximum Gasteiger partial charge on any atom is 0.328 e. The van der Waals surface area contributed by atoms with Crippen molar-refractivity contribution in [3.8, 4) is 0 Å². The standard InChI is InChI=1S/C20H28N2O6/c21-16(11-18(23)28-15-9-5-2-6-10-15)19(24)22-17(20(25)26)13-27-12-14-7-3-1-4-8-14/h1,3-4,7-8,15-17H,2,5-6,9-13,21H2,(H,22,24)(H,25,26)/t16-,17-/m0/s1. The van der Waals surface area contributed by atoms with E-state index >= 15 is 0 Å². The zero-order chi connectivity index (χ0) is 20.4. The summed E-state index contributed by atoms with van der Waals surface area (Å²) in [5, 5.41) is 11.6. The molecule has 1 aliphatic carbocycles. The Labute approximate surface area is 164 Å². The summed E-state index contributed by atoms with van der Waals surface area (Å²) in [4.78, 5) is 35.5. The van der Waals surface area contributed by atoms with Gasteiger partial charge in [-0.15, -0.1) is 0 Å². The van der Waals surface area contributed by atoms with Crippen molar-refractivity contribution in [3.63, 3.8) is 0 Å². The Morgan fingerprint density at radius 3 is 2.46 bits per heavy atom. The van der Waals surface area contributed by atoms with Crippen LogP contribution in [0.25, 0.3) is 0 Å². The lowest BCUT2D eigenvalue weighted by Crippen LogP contribution is -2.51. The molecule has 0 saturated heterocycles. The average molecular weight is 392 g/mol. The molecule has 1 amide bonds. The van der Waals surface area contributed by atoms with E-state index in [1.807, 2.05) is 30.3 Å². The molecule has 1 aliphatic rings. The maximum atomic E-state index is 12.2. The monoisotopic (exact) mass is 392 g/mol. The highest BCUT2D eigenvalue weighted by Gasteiger charge is 2.26. The van der Waals surface area contributed by atoms with Crippen molar-refractivity contribution < 1.29 is 29.0 Å². The number of esters is 1. The molecule has 0 aromatic heterocycles. The Bertz CT molecular complexity index is 645. The fourth-order valence-electron chi connectivity index (χ4n) is 3.01. The van der Waals surface area contributed by atoms with Gasteiger partial charge in [0, 0.05) is 0 Å². The van der Waals surface area contributed by atoms with Gasteiger partial charge in [-0.25, -0.2) is 4.79 Å². The molecule has 8 nitrogen and oxygen atoms in total. The van der Waals surface area contributed by atoms with E-state index in [9.17, 15) is 19.5 Å². The number of carbonyl (C=O) groups is 3. The molecule has 0 spiro atoms. The lowest BCUT2D eigenvalue weighted by Gasteiger charge is -2.23. The summed E-state index contributed by atoms with van der Waals surface area (Å²) < 4.78 is 10.7. The molecule has 1 saturated carbocycles. The lowest BCUT2D eigenvalue weighted by atomic mass is 9.98. The number of nitrogens with one attached hydrogen (secondary N) is 1. The topological polar surface area (TPSA) is 128 Å². The third-order valence-electron chi connectivity index (χ3n) is 4.58. The average Bonchev–Trinajstić information content (AvgIpc) is 2.68. The number of carbonyl (C=O) groups excluding carboxylic acids is 2. The third kappa shape index (κ3) is 7.66. The van der Waals surface area contributed by atoms with E-state index in [0.29, 0.717) is 0 Å². The fourth-order valence-corrected chi connectivity index (χ4v) is 3.01. The molecule has 0 unspecified atom stereocenters. The van der Waals surface area contributed by atoms with Gasteiger partial charge in [-0.3, -0.25) is 9.59 Å². The zero-order valence-corrected chi connectivity index (χ0v) is 15.8. The number of nitrogens with two attached hydrogens (primary N) is 1. The summed E-state index contributed by atoms with van der Waals surface area (Å²) in [6.45, 7) is 0.00939. The molecule has 0 heterocycles. The number of rotatable bonds is 10. The van der Waals surface area contributed by atoms with Gasteiger partial charge in [0.2, 0.25) is 5.91 Å². The fraction of sp³-hybridized carbons (Fsp3) is 0.550. The number of carboxylic acids is 1. The van der Waals surface area contributed by atoms with Crippen LogP contribution in [0.5, 0.6) is 0 Å². The highest BCUT2D eigenvalue weighted by Crippen LogP contribution is 2.20. The van der Waals surface area contributed by atoms with Gasteiger partial charge in [0.05, 0.1) is 25.7 Å². The predicted molar refractivity (Wildman–Crippen MR) is 101 cm³/mol. The summed E-state index contributed by atoms with van der Waals surface area (Å²) in [6.07, 6.45) is 4.43. The van der Waals surface area contributed by atoms with Crippen molar-refractivity contribution >= 4 is 17.8 Å². The number of amides is 1. The van der Waals surface area contributed by atoms with Crippen molar-refractivity contribution in [1.82, 2.24) is 5.32 Å². The number of aliphatic carboxylic acids is 1. The first-order valence-corrected chi connectivity index (χ1v) is 9.55. The van der Waals surface area contributed by atoms with Crippen LogP contribution in [0.4, 0.5) is 0 Å². The lowest BCUT2D eigenvalue weighted by molar-refractivity contribution is -0.152. The SMILES string of the molecule is N[C@@H](CC(=O)OC1CCCCC1)C(=O)N[C@@H](COCc1ccccc1)C(=O)O. The molecule has 2 atom stereocenters. The molecule has 0 bridgehead atoms. The van der Waals surface area contributed by atoms with Gasteiger partial charge in [0.15, 0.2) is 6.04 Å². The van der Waals surface area contributed by atoms with Gasteiger partial charge in [-0.1, -0.05) is 36.8 Å². The van der Waals surface area contributed by atoms with Crippen molar-refractivity contribution in [2.24, 2.45) is 5.73 Å². The highest BCUT2D eigenvalue weighted by atomic mass is 16.5. The van der Waals surface area contributed by atoms with Gasteiger partial charge in [-0.05, 0) is 31.2 Å². The Morgan fingerprint density at radius 1 is 1.14 bits per heavy atom. The number of ether oxygens (including phenoxy) is 2. The second-order valence-corrected chi connectivity index (χ2v) is 6.96. The van der Waals surface area contributed by atoms with Crippen molar-refractivity contribution in [2.45, 2.75) is 63.3 Å². The number of benzene rings is 1. The molecule has 0 aliphatic heterocycles. The van der Waals surface area contributed by atoms with E-state index in [1.54, 1.807) is 0 Å². The predicted octanol–water partition coefficient (Wildman–Crippen LogP) is 1.37. The van der Waals surface area contributed by atoms with Crippen LogP contribution in [0.1, 0.15) is 44.1 Å². The van der Waals surface area contributed by atoms with E-state index < -0.39 is 29.9 Å². The van der Waals surface area contributed by atoms with Crippen molar-refractivity contribution in [2.75, 3.05) is 6.61 Å². The third-order valence-corrected chi connectivity index (χ3v) is 4.58. The molecule has 28 heavy (non-hydrogen) atoms. The first kappa shape index (κ1) is 21.8. The quantitative estimate of drug-likeness (QED) is 0.513. The van der Waals surface area contributed by atoms with Crippen LogP contribution in [0, 0.1) is 0 Å². The van der Waals surface area contributed by atoms with E-state index in [4.69, 9.17) is 15.2 Å². The van der Waals surface area contributed by atoms with E-state index in [2.05, 4.69) is 5.32 Å². The largest absolute Gasteiger partial charge is 0.480 e. The molecule has 8 heteroatoms. The van der Waals surface area contributed by atoms with E-state index in [-0.39, 0.29) is 25.7 Å². The van der Waals surface area contributed by atoms with Gasteiger partial charge in [0.1, 0.15) is 6.10 Å². The summed E-state index contributed by atoms with van der Waals surface area (Å²) in [7, 11) is 0. The van der Waals surface area contributed by atoms with Crippen molar-refractivity contribution in [1.29, 1.82) is 0 Å². The molecule has 1 aromatic rings. The minimum Gasteiger partial charge on any atom is -0.480 e. The van der Waals surface area contributed by atoms with Gasteiger partial charge in [0.25, 0.3) is 0 Å². The Kier molecular flexibility index (Phi) is 8.90. The molecule has 1 aromatic carbocycles. The minimum atomic E-state index is -1.25. The second-order valence-electron chi connectivity index (χ2n) is 6.96. The normalized spacial score (nSPS) is 16.8. The molecular weight excluding hydrogens is 364 g/mol. The maximum absolute atomic E-state index is 12.2. The van der Waals surface area contributed by atoms with Crippen LogP contribution in [-0.2, 0) is 30.5 Å². The van der Waals surface area contributed by atoms with Crippen LogP contribution < -0.4 is 11.1 Å². The summed E-state index contributed by atoms with van der Waals surface area (Å²) in [5.74, 6) is -2.50. The number of hydrogen-bond acceptors (Lipinski definition) is 6. The van der Waals surface area contributed by atoms with Crippen LogP contribution in [0.3, 0.4) is 0 Å². The number of carboxylic acid groups (broad SMARTS) is 1. The van der Waals surface area contributed by atoms with Crippen LogP contribution in [-0.4, -0.2) is 47.7 Å². The Balaban J connectivity index is 1.74. The molecule has 4 N–H and O–H groups in total. The minimum absolute atomic E-state index is 0.116. The van der Waals surface area contributed by atoms with Gasteiger partial charge < -0.3 is 25.6 Å². The number of hydrogen-bond donors (Lipinski definition) is 3. The second kappa shape index (κ2) is 11.4. The first-order valence-electron chi connectivity index (χ1n) is 9.55. The van der Waals surface area contributed by atoms with E-state index in [0.717, 1.165) is 37.7 Å². The summed E-state index contributed by atoms with van der Waals surface area (Å²) in [5.41, 5.74) is 6.63. The van der Waals surface area contributed by atoms with Crippen LogP contribution >= 0.6 is 0 Å². The molecule has 0 radical (unpaired) electrons.